The number of anilines is 1. The van der Waals surface area contributed by atoms with Crippen LogP contribution in [0, 0.1) is 13.8 Å². The van der Waals surface area contributed by atoms with Crippen LogP contribution in [0.5, 0.6) is 0 Å². The lowest BCUT2D eigenvalue weighted by Gasteiger charge is -2.13. The molecule has 0 spiro atoms. The molecule has 1 aromatic heterocycles. The summed E-state index contributed by atoms with van der Waals surface area (Å²) in [5.74, 6) is 0.949. The molecule has 25 heavy (non-hydrogen) atoms. The number of hydrogen-bond donors (Lipinski definition) is 3. The molecule has 0 aliphatic heterocycles. The van der Waals surface area contributed by atoms with Crippen molar-refractivity contribution >= 4 is 40.8 Å². The van der Waals surface area contributed by atoms with Gasteiger partial charge < -0.3 is 10.6 Å². The van der Waals surface area contributed by atoms with Crippen LogP contribution < -0.4 is 16.0 Å². The first-order valence-electron chi connectivity index (χ1n) is 7.89. The summed E-state index contributed by atoms with van der Waals surface area (Å²) in [6.45, 7) is 6.99. The summed E-state index contributed by atoms with van der Waals surface area (Å²) in [5, 5.41) is 10.3. The molecule has 0 saturated heterocycles. The number of aryl methyl sites for hydroxylation is 2. The summed E-state index contributed by atoms with van der Waals surface area (Å²) in [4.78, 5) is 13.3. The second-order valence-electron chi connectivity index (χ2n) is 5.38. The number of nitrogens with one attached hydrogen (secondary N) is 3. The van der Waals surface area contributed by atoms with Gasteiger partial charge in [-0.2, -0.15) is 0 Å². The molecule has 1 aromatic carbocycles. The van der Waals surface area contributed by atoms with Gasteiger partial charge in [0.15, 0.2) is 5.11 Å². The number of thiocarbonyl (C=S) groups is 1. The first-order chi connectivity index (χ1) is 12.0. The van der Waals surface area contributed by atoms with Crippen molar-refractivity contribution in [1.29, 1.82) is 0 Å². The highest BCUT2D eigenvalue weighted by Crippen LogP contribution is 2.10. The first-order valence-corrected chi connectivity index (χ1v) is 8.68. The van der Waals surface area contributed by atoms with Gasteiger partial charge in [0.25, 0.3) is 0 Å². The average molecular weight is 377 g/mol. The van der Waals surface area contributed by atoms with E-state index in [1.54, 1.807) is 0 Å². The predicted molar refractivity (Wildman–Crippen MR) is 107 cm³/mol. The number of hydrogen-bond acceptors (Lipinski definition) is 4. The Kier molecular flexibility index (Phi) is 7.09. The summed E-state index contributed by atoms with van der Waals surface area (Å²) >= 11 is 11.2. The molecule has 0 fully saturated rings. The minimum Gasteiger partial charge on any atom is -0.363 e. The van der Waals surface area contributed by atoms with E-state index in [1.807, 2.05) is 51.1 Å². The second kappa shape index (κ2) is 9.29. The van der Waals surface area contributed by atoms with Crippen molar-refractivity contribution in [2.75, 3.05) is 11.9 Å². The van der Waals surface area contributed by atoms with Gasteiger partial charge in [0.2, 0.25) is 11.9 Å². The fourth-order valence-corrected chi connectivity index (χ4v) is 2.44. The van der Waals surface area contributed by atoms with Gasteiger partial charge in [-0.1, -0.05) is 23.7 Å². The first kappa shape index (κ1) is 19.1. The lowest BCUT2D eigenvalue weighted by Crippen LogP contribution is -2.42. The summed E-state index contributed by atoms with van der Waals surface area (Å²) in [6.07, 6.45) is 0. The van der Waals surface area contributed by atoms with Gasteiger partial charge in [-0.05, 0) is 56.8 Å². The van der Waals surface area contributed by atoms with Gasteiger partial charge in [-0.3, -0.25) is 5.32 Å². The van der Waals surface area contributed by atoms with Crippen LogP contribution >= 0.6 is 23.8 Å². The minimum atomic E-state index is 0.464. The Hall–Kier alpha value is -2.25. The highest BCUT2D eigenvalue weighted by Gasteiger charge is 2.06. The standard InChI is InChI=1S/C17H21ClN6S/c1-4-19-17(25)24-15(20-10-13-5-7-14(18)8-6-13)23-16-21-11(2)9-12(3)22-16/h5-9H,4,10H2,1-3H3,(H3,19,20,21,22,23,24,25). The van der Waals surface area contributed by atoms with Gasteiger partial charge in [0.1, 0.15) is 0 Å². The molecular formula is C17H21ClN6S. The molecule has 6 nitrogen and oxygen atoms in total. The number of guanidine groups is 1. The van der Waals surface area contributed by atoms with Crippen LogP contribution in [0.3, 0.4) is 0 Å². The number of aromatic nitrogens is 2. The molecule has 2 rings (SSSR count). The van der Waals surface area contributed by atoms with E-state index in [2.05, 4.69) is 30.9 Å². The molecule has 0 atom stereocenters. The van der Waals surface area contributed by atoms with Crippen molar-refractivity contribution in [3.63, 3.8) is 0 Å². The Morgan fingerprint density at radius 3 is 2.40 bits per heavy atom. The predicted octanol–water partition coefficient (Wildman–Crippen LogP) is 3.20. The van der Waals surface area contributed by atoms with Crippen molar-refractivity contribution in [3.05, 3.63) is 52.3 Å². The summed E-state index contributed by atoms with van der Waals surface area (Å²) in [7, 11) is 0. The highest BCUT2D eigenvalue weighted by molar-refractivity contribution is 7.80. The van der Waals surface area contributed by atoms with Crippen molar-refractivity contribution < 1.29 is 0 Å². The molecule has 8 heteroatoms. The van der Waals surface area contributed by atoms with E-state index in [0.717, 1.165) is 23.5 Å². The van der Waals surface area contributed by atoms with E-state index in [4.69, 9.17) is 23.8 Å². The number of halogens is 1. The molecular weight excluding hydrogens is 356 g/mol. The van der Waals surface area contributed by atoms with Crippen LogP contribution in [0.2, 0.25) is 5.02 Å². The Balaban J connectivity index is 2.17. The molecule has 0 bridgehead atoms. The largest absolute Gasteiger partial charge is 0.363 e. The maximum Gasteiger partial charge on any atom is 0.229 e. The molecule has 0 amide bonds. The van der Waals surface area contributed by atoms with E-state index >= 15 is 0 Å². The average Bonchev–Trinajstić information content (AvgIpc) is 2.53. The smallest absolute Gasteiger partial charge is 0.229 e. The molecule has 0 aliphatic carbocycles. The molecule has 0 unspecified atom stereocenters. The van der Waals surface area contributed by atoms with Crippen molar-refractivity contribution in [2.45, 2.75) is 27.3 Å². The van der Waals surface area contributed by atoms with Crippen molar-refractivity contribution in [2.24, 2.45) is 4.99 Å². The zero-order valence-electron chi connectivity index (χ0n) is 14.4. The van der Waals surface area contributed by atoms with Crippen LogP contribution in [-0.4, -0.2) is 27.6 Å². The van der Waals surface area contributed by atoms with E-state index in [1.165, 1.54) is 0 Å². The van der Waals surface area contributed by atoms with Gasteiger partial charge in [0, 0.05) is 23.0 Å². The molecule has 3 N–H and O–H groups in total. The third-order valence-electron chi connectivity index (χ3n) is 3.11. The maximum absolute atomic E-state index is 5.91. The molecule has 132 valence electrons. The summed E-state index contributed by atoms with van der Waals surface area (Å²) in [6, 6.07) is 9.44. The van der Waals surface area contributed by atoms with Crippen LogP contribution in [0.4, 0.5) is 5.95 Å². The number of rotatable bonds is 4. The van der Waals surface area contributed by atoms with Crippen LogP contribution in [0.25, 0.3) is 0 Å². The van der Waals surface area contributed by atoms with E-state index in [-0.39, 0.29) is 0 Å². The lowest BCUT2D eigenvalue weighted by atomic mass is 10.2. The topological polar surface area (TPSA) is 74.2 Å². The molecule has 0 radical (unpaired) electrons. The fraction of sp³-hybridized carbons (Fsp3) is 0.294. The Morgan fingerprint density at radius 1 is 1.16 bits per heavy atom. The molecule has 0 aliphatic rings. The Labute approximate surface area is 158 Å². The van der Waals surface area contributed by atoms with Gasteiger partial charge in [-0.15, -0.1) is 0 Å². The third-order valence-corrected chi connectivity index (χ3v) is 3.61. The molecule has 1 heterocycles. The summed E-state index contributed by atoms with van der Waals surface area (Å²) in [5.41, 5.74) is 2.78. The van der Waals surface area contributed by atoms with E-state index in [0.29, 0.717) is 28.6 Å². The highest BCUT2D eigenvalue weighted by atomic mass is 35.5. The quantitative estimate of drug-likeness (QED) is 0.432. The Bertz CT molecular complexity index is 740. The zero-order chi connectivity index (χ0) is 18.2. The van der Waals surface area contributed by atoms with Crippen LogP contribution in [0.1, 0.15) is 23.9 Å². The summed E-state index contributed by atoms with van der Waals surface area (Å²) < 4.78 is 0. The number of nitrogens with zero attached hydrogens (tertiary/aromatic N) is 3. The zero-order valence-corrected chi connectivity index (χ0v) is 16.0. The number of aliphatic imine (C=N–C) groups is 1. The monoisotopic (exact) mass is 376 g/mol. The fourth-order valence-electron chi connectivity index (χ4n) is 2.07. The second-order valence-corrected chi connectivity index (χ2v) is 6.22. The molecule has 2 aromatic rings. The van der Waals surface area contributed by atoms with Crippen LogP contribution in [0.15, 0.2) is 35.3 Å². The van der Waals surface area contributed by atoms with E-state index < -0.39 is 0 Å². The third kappa shape index (κ3) is 6.64. The number of benzene rings is 1. The van der Waals surface area contributed by atoms with Crippen molar-refractivity contribution in [1.82, 2.24) is 20.6 Å². The minimum absolute atomic E-state index is 0.464. The maximum atomic E-state index is 5.91. The van der Waals surface area contributed by atoms with Crippen LogP contribution in [-0.2, 0) is 6.54 Å². The van der Waals surface area contributed by atoms with Crippen molar-refractivity contribution in [3.8, 4) is 0 Å². The van der Waals surface area contributed by atoms with Gasteiger partial charge >= 0.3 is 0 Å². The normalized spacial score (nSPS) is 11.1. The SMILES string of the molecule is CCNC(=S)NC(=NCc1ccc(Cl)cc1)Nc1nc(C)cc(C)n1. The van der Waals surface area contributed by atoms with Gasteiger partial charge in [0.05, 0.1) is 6.54 Å². The van der Waals surface area contributed by atoms with Gasteiger partial charge in [-0.25, -0.2) is 15.0 Å². The van der Waals surface area contributed by atoms with E-state index in [9.17, 15) is 0 Å². The molecule has 0 saturated carbocycles. The lowest BCUT2D eigenvalue weighted by molar-refractivity contribution is 0.948. The Morgan fingerprint density at radius 2 is 1.80 bits per heavy atom.